The topological polar surface area (TPSA) is 76.4 Å². The van der Waals surface area contributed by atoms with Crippen molar-refractivity contribution in [2.75, 3.05) is 7.05 Å². The highest BCUT2D eigenvalue weighted by Crippen LogP contribution is 2.01. The SMILES string of the molecule is CN/N=C(\N)C(N)Cc1ccccc1. The van der Waals surface area contributed by atoms with Crippen LogP contribution in [0.5, 0.6) is 0 Å². The molecule has 0 aliphatic rings. The first kappa shape index (κ1) is 10.5. The lowest BCUT2D eigenvalue weighted by atomic mass is 10.1. The first-order valence-electron chi connectivity index (χ1n) is 4.53. The van der Waals surface area contributed by atoms with E-state index in [1.54, 1.807) is 7.05 Å². The van der Waals surface area contributed by atoms with Crippen LogP contribution in [-0.2, 0) is 6.42 Å². The lowest BCUT2D eigenvalue weighted by molar-refractivity contribution is 0.805. The van der Waals surface area contributed by atoms with Gasteiger partial charge >= 0.3 is 0 Å². The minimum absolute atomic E-state index is 0.232. The molecule has 14 heavy (non-hydrogen) atoms. The maximum atomic E-state index is 5.84. The van der Waals surface area contributed by atoms with E-state index in [4.69, 9.17) is 11.5 Å². The first-order valence-corrected chi connectivity index (χ1v) is 4.53. The van der Waals surface area contributed by atoms with Gasteiger partial charge in [-0.3, -0.25) is 0 Å². The second-order valence-corrected chi connectivity index (χ2v) is 3.06. The van der Waals surface area contributed by atoms with E-state index in [1.807, 2.05) is 30.3 Å². The van der Waals surface area contributed by atoms with Crippen molar-refractivity contribution in [1.82, 2.24) is 5.43 Å². The zero-order valence-electron chi connectivity index (χ0n) is 8.27. The average molecular weight is 192 g/mol. The van der Waals surface area contributed by atoms with Gasteiger partial charge in [-0.2, -0.15) is 5.10 Å². The minimum Gasteiger partial charge on any atom is -0.384 e. The van der Waals surface area contributed by atoms with Gasteiger partial charge in [-0.25, -0.2) is 0 Å². The second kappa shape index (κ2) is 5.24. The third-order valence-electron chi connectivity index (χ3n) is 1.92. The van der Waals surface area contributed by atoms with Gasteiger partial charge in [-0.15, -0.1) is 0 Å². The predicted octanol–water partition coefficient (Wildman–Crippen LogP) is 0.0480. The third-order valence-corrected chi connectivity index (χ3v) is 1.92. The Morgan fingerprint density at radius 1 is 1.43 bits per heavy atom. The summed E-state index contributed by atoms with van der Waals surface area (Å²) in [5.41, 5.74) is 15.3. The van der Waals surface area contributed by atoms with Crippen LogP contribution in [0.2, 0.25) is 0 Å². The molecule has 0 fully saturated rings. The number of amidine groups is 1. The van der Waals surface area contributed by atoms with Crippen LogP contribution in [0.4, 0.5) is 0 Å². The lowest BCUT2D eigenvalue weighted by Gasteiger charge is -2.10. The monoisotopic (exact) mass is 192 g/mol. The van der Waals surface area contributed by atoms with Crippen LogP contribution in [0.25, 0.3) is 0 Å². The zero-order valence-corrected chi connectivity index (χ0v) is 8.27. The standard InChI is InChI=1S/C10H16N4/c1-13-14-10(12)9(11)7-8-5-3-2-4-6-8/h2-6,9,13H,7,11H2,1H3,(H2,12,14). The van der Waals surface area contributed by atoms with Crippen molar-refractivity contribution >= 4 is 5.84 Å². The summed E-state index contributed by atoms with van der Waals surface area (Å²) in [4.78, 5) is 0. The summed E-state index contributed by atoms with van der Waals surface area (Å²) >= 11 is 0. The normalized spacial score (nSPS) is 13.7. The van der Waals surface area contributed by atoms with Gasteiger partial charge in [0.25, 0.3) is 0 Å². The maximum absolute atomic E-state index is 5.84. The van der Waals surface area contributed by atoms with Gasteiger partial charge < -0.3 is 16.9 Å². The van der Waals surface area contributed by atoms with E-state index in [1.165, 1.54) is 0 Å². The fourth-order valence-electron chi connectivity index (χ4n) is 1.18. The number of hydrogen-bond donors (Lipinski definition) is 3. The van der Waals surface area contributed by atoms with E-state index in [0.29, 0.717) is 12.3 Å². The van der Waals surface area contributed by atoms with Crippen LogP contribution in [0.15, 0.2) is 35.4 Å². The summed E-state index contributed by atoms with van der Waals surface area (Å²) in [7, 11) is 1.70. The van der Waals surface area contributed by atoms with Crippen LogP contribution in [-0.4, -0.2) is 18.9 Å². The largest absolute Gasteiger partial charge is 0.384 e. The van der Waals surface area contributed by atoms with Crippen LogP contribution in [0.1, 0.15) is 5.56 Å². The van der Waals surface area contributed by atoms with Gasteiger partial charge in [0.2, 0.25) is 0 Å². The smallest absolute Gasteiger partial charge is 0.136 e. The van der Waals surface area contributed by atoms with E-state index in [9.17, 15) is 0 Å². The van der Waals surface area contributed by atoms with Crippen LogP contribution in [0, 0.1) is 0 Å². The number of nitrogens with zero attached hydrogens (tertiary/aromatic N) is 1. The summed E-state index contributed by atoms with van der Waals surface area (Å²) in [6.45, 7) is 0. The van der Waals surface area contributed by atoms with E-state index in [0.717, 1.165) is 5.56 Å². The Morgan fingerprint density at radius 2 is 2.07 bits per heavy atom. The number of nitrogens with one attached hydrogen (secondary N) is 1. The first-order chi connectivity index (χ1) is 6.74. The van der Waals surface area contributed by atoms with Crippen molar-refractivity contribution in [2.24, 2.45) is 16.6 Å². The summed E-state index contributed by atoms with van der Waals surface area (Å²) in [6.07, 6.45) is 0.706. The molecule has 0 aliphatic heterocycles. The molecular weight excluding hydrogens is 176 g/mol. The molecule has 5 N–H and O–H groups in total. The number of hydrazone groups is 1. The Bertz CT molecular complexity index is 294. The van der Waals surface area contributed by atoms with E-state index in [2.05, 4.69) is 10.5 Å². The van der Waals surface area contributed by atoms with Gasteiger partial charge in [-0.1, -0.05) is 30.3 Å². The van der Waals surface area contributed by atoms with Crippen molar-refractivity contribution in [3.05, 3.63) is 35.9 Å². The number of hydrogen-bond acceptors (Lipinski definition) is 3. The molecule has 0 aromatic heterocycles. The Balaban J connectivity index is 2.57. The Labute approximate surface area is 84.0 Å². The molecule has 0 saturated heterocycles. The van der Waals surface area contributed by atoms with Crippen LogP contribution < -0.4 is 16.9 Å². The molecule has 0 heterocycles. The van der Waals surface area contributed by atoms with Crippen LogP contribution in [0.3, 0.4) is 0 Å². The highest BCUT2D eigenvalue weighted by molar-refractivity contribution is 5.85. The molecular formula is C10H16N4. The van der Waals surface area contributed by atoms with E-state index < -0.39 is 0 Å². The minimum atomic E-state index is -0.232. The molecule has 4 nitrogen and oxygen atoms in total. The van der Waals surface area contributed by atoms with Gasteiger partial charge in [0.15, 0.2) is 0 Å². The molecule has 1 aromatic carbocycles. The highest BCUT2D eigenvalue weighted by atomic mass is 15.3. The molecule has 1 atom stereocenters. The maximum Gasteiger partial charge on any atom is 0.136 e. The Morgan fingerprint density at radius 3 is 2.64 bits per heavy atom. The molecule has 4 heteroatoms. The van der Waals surface area contributed by atoms with Gasteiger partial charge in [0.05, 0.1) is 6.04 Å². The molecule has 0 aliphatic carbocycles. The van der Waals surface area contributed by atoms with Crippen molar-refractivity contribution in [3.8, 4) is 0 Å². The Kier molecular flexibility index (Phi) is 3.94. The zero-order chi connectivity index (χ0) is 10.4. The van der Waals surface area contributed by atoms with Gasteiger partial charge in [0, 0.05) is 7.05 Å². The van der Waals surface area contributed by atoms with E-state index >= 15 is 0 Å². The summed E-state index contributed by atoms with van der Waals surface area (Å²) < 4.78 is 0. The second-order valence-electron chi connectivity index (χ2n) is 3.06. The van der Waals surface area contributed by atoms with Crippen LogP contribution >= 0.6 is 0 Å². The van der Waals surface area contributed by atoms with Crippen molar-refractivity contribution in [3.63, 3.8) is 0 Å². The molecule has 1 aromatic rings. The van der Waals surface area contributed by atoms with Gasteiger partial charge in [-0.05, 0) is 12.0 Å². The lowest BCUT2D eigenvalue weighted by Crippen LogP contribution is -2.39. The fraction of sp³-hybridized carbons (Fsp3) is 0.300. The number of benzene rings is 1. The van der Waals surface area contributed by atoms with Crippen molar-refractivity contribution < 1.29 is 0 Å². The highest BCUT2D eigenvalue weighted by Gasteiger charge is 2.07. The summed E-state index contributed by atoms with van der Waals surface area (Å²) in [5, 5.41) is 3.84. The third kappa shape index (κ3) is 3.06. The molecule has 0 bridgehead atoms. The molecule has 0 amide bonds. The summed E-state index contributed by atoms with van der Waals surface area (Å²) in [5.74, 6) is 0.427. The molecule has 0 spiro atoms. The molecule has 1 rings (SSSR count). The molecule has 76 valence electrons. The van der Waals surface area contributed by atoms with Gasteiger partial charge in [0.1, 0.15) is 5.84 Å². The predicted molar refractivity (Wildman–Crippen MR) is 58.8 cm³/mol. The quantitative estimate of drug-likeness (QED) is 0.358. The molecule has 1 unspecified atom stereocenters. The molecule has 0 saturated carbocycles. The van der Waals surface area contributed by atoms with Crippen molar-refractivity contribution in [1.29, 1.82) is 0 Å². The fourth-order valence-corrected chi connectivity index (χ4v) is 1.18. The summed E-state index contributed by atoms with van der Waals surface area (Å²) in [6, 6.07) is 9.74. The number of nitrogens with two attached hydrogens (primary N) is 2. The number of rotatable bonds is 4. The van der Waals surface area contributed by atoms with Crippen molar-refractivity contribution in [2.45, 2.75) is 12.5 Å². The van der Waals surface area contributed by atoms with E-state index in [-0.39, 0.29) is 6.04 Å². The molecule has 0 radical (unpaired) electrons. The Hall–Kier alpha value is -1.55. The average Bonchev–Trinajstić information content (AvgIpc) is 2.19.